The highest BCUT2D eigenvalue weighted by atomic mass is 16.5. The fourth-order valence-electron chi connectivity index (χ4n) is 3.05. The van der Waals surface area contributed by atoms with Crippen LogP contribution in [-0.2, 0) is 11.2 Å². The predicted molar refractivity (Wildman–Crippen MR) is 85.7 cm³/mol. The third kappa shape index (κ3) is 3.50. The smallest absolute Gasteiger partial charge is 0.318 e. The molecule has 0 saturated carbocycles. The molecule has 2 aliphatic rings. The Hall–Kier alpha value is -1.40. The summed E-state index contributed by atoms with van der Waals surface area (Å²) < 4.78 is 11.4. The van der Waals surface area contributed by atoms with E-state index in [9.17, 15) is 0 Å². The number of aromatic nitrogens is 2. The van der Waals surface area contributed by atoms with Crippen molar-refractivity contribution in [3.63, 3.8) is 0 Å². The summed E-state index contributed by atoms with van der Waals surface area (Å²) in [5.74, 6) is 1.04. The van der Waals surface area contributed by atoms with E-state index in [1.54, 1.807) is 0 Å². The largest absolute Gasteiger partial charge is 0.460 e. The van der Waals surface area contributed by atoms with Crippen molar-refractivity contribution in [2.75, 3.05) is 44.3 Å². The lowest BCUT2D eigenvalue weighted by atomic mass is 10.1. The molecule has 6 nitrogen and oxygen atoms in total. The van der Waals surface area contributed by atoms with Gasteiger partial charge in [-0.05, 0) is 13.3 Å². The first-order chi connectivity index (χ1) is 10.8. The number of nitrogens with zero attached hydrogens (tertiary/aromatic N) is 3. The molecule has 2 aliphatic heterocycles. The second-order valence-corrected chi connectivity index (χ2v) is 5.92. The first kappa shape index (κ1) is 15.5. The molecule has 1 aromatic heterocycles. The number of hydrogen-bond acceptors (Lipinski definition) is 6. The van der Waals surface area contributed by atoms with Crippen LogP contribution in [0.3, 0.4) is 0 Å². The van der Waals surface area contributed by atoms with Crippen LogP contribution in [0.2, 0.25) is 0 Å². The highest BCUT2D eigenvalue weighted by Crippen LogP contribution is 2.25. The summed E-state index contributed by atoms with van der Waals surface area (Å²) in [5, 5.41) is 3.38. The summed E-state index contributed by atoms with van der Waals surface area (Å²) in [6, 6.07) is 0.530. The Morgan fingerprint density at radius 2 is 1.95 bits per heavy atom. The van der Waals surface area contributed by atoms with Gasteiger partial charge >= 0.3 is 6.01 Å². The number of ether oxygens (including phenoxy) is 2. The molecule has 0 aliphatic carbocycles. The Balaban J connectivity index is 1.82. The van der Waals surface area contributed by atoms with E-state index in [0.29, 0.717) is 6.01 Å². The molecule has 3 heterocycles. The van der Waals surface area contributed by atoms with Crippen molar-refractivity contribution in [2.24, 2.45) is 0 Å². The predicted octanol–water partition coefficient (Wildman–Crippen LogP) is 1.31. The molecular weight excluding hydrogens is 280 g/mol. The molecule has 6 heteroatoms. The molecule has 122 valence electrons. The van der Waals surface area contributed by atoms with Crippen molar-refractivity contribution in [1.29, 1.82) is 0 Å². The van der Waals surface area contributed by atoms with E-state index in [1.807, 2.05) is 0 Å². The van der Waals surface area contributed by atoms with Crippen LogP contribution in [-0.4, -0.2) is 55.5 Å². The molecule has 0 amide bonds. The van der Waals surface area contributed by atoms with Crippen LogP contribution in [0.15, 0.2) is 0 Å². The molecule has 22 heavy (non-hydrogen) atoms. The summed E-state index contributed by atoms with van der Waals surface area (Å²) in [6.07, 6.45) is 2.91. The van der Waals surface area contributed by atoms with Crippen LogP contribution in [0.4, 0.5) is 5.82 Å². The minimum Gasteiger partial charge on any atom is -0.460 e. The third-order valence-electron chi connectivity index (χ3n) is 4.39. The zero-order valence-electron chi connectivity index (χ0n) is 13.6. The second-order valence-electron chi connectivity index (χ2n) is 5.92. The van der Waals surface area contributed by atoms with Gasteiger partial charge in [0, 0.05) is 44.6 Å². The molecule has 3 rings (SSSR count). The summed E-state index contributed by atoms with van der Waals surface area (Å²) in [6.45, 7) is 9.75. The molecule has 2 saturated heterocycles. The van der Waals surface area contributed by atoms with Gasteiger partial charge in [0.2, 0.25) is 0 Å². The van der Waals surface area contributed by atoms with Gasteiger partial charge < -0.3 is 19.7 Å². The van der Waals surface area contributed by atoms with Gasteiger partial charge in [0.15, 0.2) is 0 Å². The Kier molecular flexibility index (Phi) is 5.10. The van der Waals surface area contributed by atoms with Crippen molar-refractivity contribution >= 4 is 5.82 Å². The van der Waals surface area contributed by atoms with Gasteiger partial charge in [-0.15, -0.1) is 0 Å². The summed E-state index contributed by atoms with van der Waals surface area (Å²) in [5.41, 5.74) is 2.27. The van der Waals surface area contributed by atoms with Crippen molar-refractivity contribution < 1.29 is 9.47 Å². The lowest BCUT2D eigenvalue weighted by molar-refractivity contribution is 0.0216. The summed E-state index contributed by atoms with van der Waals surface area (Å²) in [7, 11) is 0. The van der Waals surface area contributed by atoms with Gasteiger partial charge in [-0.2, -0.15) is 9.97 Å². The molecule has 2 fully saturated rings. The van der Waals surface area contributed by atoms with E-state index in [1.165, 1.54) is 5.56 Å². The normalized spacial score (nSPS) is 20.2. The van der Waals surface area contributed by atoms with E-state index < -0.39 is 0 Å². The molecule has 0 unspecified atom stereocenters. The second kappa shape index (κ2) is 7.24. The van der Waals surface area contributed by atoms with Crippen LogP contribution in [0, 0.1) is 6.92 Å². The minimum atomic E-state index is 0.178. The van der Waals surface area contributed by atoms with Gasteiger partial charge in [-0.3, -0.25) is 0 Å². The van der Waals surface area contributed by atoms with Gasteiger partial charge in [-0.25, -0.2) is 0 Å². The molecule has 1 N–H and O–H groups in total. The summed E-state index contributed by atoms with van der Waals surface area (Å²) in [4.78, 5) is 11.7. The van der Waals surface area contributed by atoms with E-state index in [4.69, 9.17) is 14.5 Å². The maximum Gasteiger partial charge on any atom is 0.318 e. The number of piperazine rings is 1. The van der Waals surface area contributed by atoms with E-state index in [0.717, 1.165) is 70.2 Å². The first-order valence-corrected chi connectivity index (χ1v) is 8.35. The van der Waals surface area contributed by atoms with E-state index >= 15 is 0 Å². The zero-order valence-corrected chi connectivity index (χ0v) is 13.6. The number of rotatable bonds is 4. The van der Waals surface area contributed by atoms with Gasteiger partial charge in [-0.1, -0.05) is 6.92 Å². The molecule has 0 spiro atoms. The maximum absolute atomic E-state index is 6.04. The highest BCUT2D eigenvalue weighted by molar-refractivity contribution is 5.49. The monoisotopic (exact) mass is 306 g/mol. The zero-order chi connectivity index (χ0) is 15.4. The van der Waals surface area contributed by atoms with Crippen molar-refractivity contribution in [1.82, 2.24) is 15.3 Å². The standard InChI is InChI=1S/C16H26N4O2/c1-3-14-12(2)15(20-8-6-17-7-9-20)19-16(18-14)22-13-4-10-21-11-5-13/h13,17H,3-11H2,1-2H3. The average Bonchev–Trinajstić information content (AvgIpc) is 2.58. The van der Waals surface area contributed by atoms with Crippen molar-refractivity contribution in [2.45, 2.75) is 39.2 Å². The maximum atomic E-state index is 6.04. The SMILES string of the molecule is CCc1nc(OC2CCOCC2)nc(N2CCNCC2)c1C. The fraction of sp³-hybridized carbons (Fsp3) is 0.750. The van der Waals surface area contributed by atoms with Gasteiger partial charge in [0.05, 0.1) is 18.9 Å². The summed E-state index contributed by atoms with van der Waals surface area (Å²) >= 11 is 0. The molecule has 1 aromatic rings. The van der Waals surface area contributed by atoms with Crippen LogP contribution < -0.4 is 15.0 Å². The number of hydrogen-bond donors (Lipinski definition) is 1. The molecule has 0 atom stereocenters. The van der Waals surface area contributed by atoms with Gasteiger partial charge in [0.25, 0.3) is 0 Å². The lowest BCUT2D eigenvalue weighted by Gasteiger charge is -2.30. The Bertz CT molecular complexity index is 497. The Labute approximate surface area is 132 Å². The number of nitrogens with one attached hydrogen (secondary N) is 1. The van der Waals surface area contributed by atoms with Crippen molar-refractivity contribution in [3.8, 4) is 6.01 Å². The first-order valence-electron chi connectivity index (χ1n) is 8.35. The fourth-order valence-corrected chi connectivity index (χ4v) is 3.05. The topological polar surface area (TPSA) is 59.5 Å². The Morgan fingerprint density at radius 3 is 2.64 bits per heavy atom. The molecule has 0 aromatic carbocycles. The average molecular weight is 306 g/mol. The number of aryl methyl sites for hydroxylation is 1. The van der Waals surface area contributed by atoms with Crippen LogP contribution in [0.25, 0.3) is 0 Å². The van der Waals surface area contributed by atoms with Crippen molar-refractivity contribution in [3.05, 3.63) is 11.3 Å². The van der Waals surface area contributed by atoms with Crippen LogP contribution >= 0.6 is 0 Å². The van der Waals surface area contributed by atoms with E-state index in [-0.39, 0.29) is 6.10 Å². The Morgan fingerprint density at radius 1 is 1.23 bits per heavy atom. The van der Waals surface area contributed by atoms with E-state index in [2.05, 4.69) is 29.0 Å². The molecule has 0 bridgehead atoms. The third-order valence-corrected chi connectivity index (χ3v) is 4.39. The molecular formula is C16H26N4O2. The van der Waals surface area contributed by atoms with Crippen LogP contribution in [0.1, 0.15) is 31.0 Å². The highest BCUT2D eigenvalue weighted by Gasteiger charge is 2.21. The molecule has 0 radical (unpaired) electrons. The lowest BCUT2D eigenvalue weighted by Crippen LogP contribution is -2.44. The number of anilines is 1. The van der Waals surface area contributed by atoms with Crippen LogP contribution in [0.5, 0.6) is 6.01 Å². The quantitative estimate of drug-likeness (QED) is 0.905. The minimum absolute atomic E-state index is 0.178. The van der Waals surface area contributed by atoms with Gasteiger partial charge in [0.1, 0.15) is 11.9 Å².